The Kier molecular flexibility index (Phi) is 30.8. The van der Waals surface area contributed by atoms with E-state index in [2.05, 4.69) is 45.6 Å². The maximum atomic E-state index is 13.9. The zero-order valence-corrected chi connectivity index (χ0v) is 68.7. The Bertz CT molecular complexity index is 4610. The molecule has 0 radical (unpaired) electrons. The summed E-state index contributed by atoms with van der Waals surface area (Å²) in [7, 11) is 0. The number of halogens is 6. The first-order valence-electron chi connectivity index (χ1n) is 36.4. The van der Waals surface area contributed by atoms with Gasteiger partial charge in [0.25, 0.3) is 0 Å². The first kappa shape index (κ1) is 87.2. The molecule has 6 N–H and O–H groups in total. The summed E-state index contributed by atoms with van der Waals surface area (Å²) in [5.41, 5.74) is 2.18. The van der Waals surface area contributed by atoms with Gasteiger partial charge in [0.15, 0.2) is 32.5 Å². The summed E-state index contributed by atoms with van der Waals surface area (Å²) in [4.78, 5) is 109. The van der Waals surface area contributed by atoms with Crippen molar-refractivity contribution in [3.05, 3.63) is 187 Å². The molecule has 3 aromatic heterocycles. The van der Waals surface area contributed by atoms with Crippen molar-refractivity contribution in [2.24, 2.45) is 31.7 Å². The molecule has 113 heavy (non-hydrogen) atoms. The smallest absolute Gasteiger partial charge is 0.338 e. The van der Waals surface area contributed by atoms with Gasteiger partial charge in [-0.15, -0.1) is 34.0 Å². The molecule has 0 aliphatic carbocycles. The molecule has 6 aliphatic rings. The molecule has 0 saturated carbocycles. The first-order valence-corrected chi connectivity index (χ1v) is 40.6. The number of aliphatic carboxylic acids is 3. The Morgan fingerprint density at radius 1 is 0.558 bits per heavy atom. The standard InChI is InChI=1S/2C26H30ClFN4O5S.C25H28Cl2N4O5S/c1-4-37-24(33)20-19(13-32-8-9-36-14-16(32)12-26(2,3)25(34)35)30-22(23-29-7-10-38-23)31-21(20)17-6-5-15(28)11-18(17)27;1-4-36-24(33)20-19(14-32-8-9-37-16(13-32)12-26(2,3)25(34)35)30-22(23-29-7-10-38-23)31-21(20)17-6-5-15(28)11-18(17)27;1-3-36-25(34)20-19(12-31-7-8-35-13-16(31)10-14(2)24(32)33)29-22(23-28-6-9-37-23)30-21(20)17-5-4-15(26)11-18(17)27/h2*5-7,10-11,16,21H,4,8-9,12-14H2,1-3H3,(H,30,31)(H,34,35);4-6,9,11,14,16,21H,3,7-8,10,12-13H2,1-2H3,(H,29,30)(H,32,33)/t2*16?,21-;14?,16-,21+/m001/s1. The van der Waals surface area contributed by atoms with E-state index in [1.54, 1.807) is 92.2 Å². The van der Waals surface area contributed by atoms with Crippen LogP contribution in [0.4, 0.5) is 8.78 Å². The monoisotopic (exact) mass is 1690 g/mol. The molecule has 3 aromatic carbocycles. The molecule has 0 spiro atoms. The third-order valence-corrected chi connectivity index (χ3v) is 22.8. The molecular weight excluding hydrogens is 1610 g/mol. The van der Waals surface area contributed by atoms with Crippen LogP contribution in [0.5, 0.6) is 0 Å². The molecule has 6 aliphatic heterocycles. The van der Waals surface area contributed by atoms with E-state index in [4.69, 9.17) is 89.8 Å². The highest BCUT2D eigenvalue weighted by Crippen LogP contribution is 2.42. The van der Waals surface area contributed by atoms with Gasteiger partial charge in [0.2, 0.25) is 0 Å². The zero-order chi connectivity index (χ0) is 81.4. The molecule has 36 heteroatoms. The van der Waals surface area contributed by atoms with Crippen LogP contribution in [0, 0.1) is 28.4 Å². The van der Waals surface area contributed by atoms with E-state index in [-0.39, 0.29) is 65.7 Å². The number of carboxylic acids is 3. The molecule has 6 aromatic rings. The van der Waals surface area contributed by atoms with Gasteiger partial charge >= 0.3 is 35.8 Å². The van der Waals surface area contributed by atoms with Gasteiger partial charge in [-0.25, -0.2) is 38.1 Å². The number of nitrogens with one attached hydrogen (secondary N) is 3. The Morgan fingerprint density at radius 3 is 1.35 bits per heavy atom. The third-order valence-electron chi connectivity index (χ3n) is 19.3. The van der Waals surface area contributed by atoms with Gasteiger partial charge in [-0.05, 0) is 104 Å². The summed E-state index contributed by atoms with van der Waals surface area (Å²) in [5.74, 6) is -4.39. The van der Waals surface area contributed by atoms with Gasteiger partial charge < -0.3 is 59.7 Å². The average Bonchev–Trinajstić information content (AvgIpc) is 1.19. The lowest BCUT2D eigenvalue weighted by Crippen LogP contribution is -2.51. The number of nitrogens with zero attached hydrogens (tertiary/aromatic N) is 9. The van der Waals surface area contributed by atoms with E-state index >= 15 is 0 Å². The van der Waals surface area contributed by atoms with E-state index in [0.29, 0.717) is 173 Å². The number of benzene rings is 3. The van der Waals surface area contributed by atoms with Crippen molar-refractivity contribution in [2.75, 3.05) is 98.7 Å². The van der Waals surface area contributed by atoms with E-state index < -0.39 is 82.3 Å². The second kappa shape index (κ2) is 39.9. The summed E-state index contributed by atoms with van der Waals surface area (Å²) in [5, 5.41) is 47.1. The number of hydrogen-bond acceptors (Lipinski definition) is 27. The lowest BCUT2D eigenvalue weighted by molar-refractivity contribution is -0.150. The van der Waals surface area contributed by atoms with E-state index in [1.165, 1.54) is 70.4 Å². The highest BCUT2D eigenvalue weighted by Gasteiger charge is 2.42. The van der Waals surface area contributed by atoms with Crippen molar-refractivity contribution >= 4 is 134 Å². The number of aliphatic imine (C=N–C) groups is 3. The minimum absolute atomic E-state index is 0.132. The number of hydrogen-bond donors (Lipinski definition) is 6. The van der Waals surface area contributed by atoms with Crippen molar-refractivity contribution in [3.63, 3.8) is 0 Å². The molecule has 7 atom stereocenters. The van der Waals surface area contributed by atoms with E-state index in [9.17, 15) is 52.9 Å². The molecule has 12 rings (SSSR count). The SMILES string of the molecule is CCOC(=O)C1=C(CN2CCOC(CC(C)(C)C(=O)O)C2)NC(c2nccs2)=N[C@H]1c1ccc(F)cc1Cl.CCOC(=O)C1=C(CN2CCOCC2CC(C)(C)C(=O)O)NC(c2nccs2)=N[C@H]1c1ccc(F)cc1Cl.CCOC(=O)C1=C(CN2CCOC[C@H]2CC(C)C(=O)O)NC(c2nccs2)=N[C@H]1c1ccc(Cl)cc1Cl. The Balaban J connectivity index is 0.000000180. The summed E-state index contributed by atoms with van der Waals surface area (Å²) in [6.45, 7) is 19.3. The Hall–Kier alpha value is -8.22. The predicted octanol–water partition coefficient (Wildman–Crippen LogP) is 12.3. The molecule has 9 heterocycles. The molecule has 606 valence electrons. The maximum absolute atomic E-state index is 13.9. The molecule has 3 fully saturated rings. The van der Waals surface area contributed by atoms with Gasteiger partial charge in [-0.2, -0.15) is 0 Å². The van der Waals surface area contributed by atoms with Crippen molar-refractivity contribution in [1.29, 1.82) is 0 Å². The normalized spacial score (nSPS) is 20.8. The Labute approximate surface area is 684 Å². The number of amidine groups is 3. The topological polar surface area (TPSA) is 340 Å². The molecule has 27 nitrogen and oxygen atoms in total. The fourth-order valence-corrected chi connectivity index (χ4v) is 16.2. The van der Waals surface area contributed by atoms with Crippen LogP contribution in [-0.4, -0.2) is 215 Å². The fourth-order valence-electron chi connectivity index (χ4n) is 13.4. The number of carbonyl (C=O) groups excluding carboxylic acids is 3. The highest BCUT2D eigenvalue weighted by molar-refractivity contribution is 7.12. The maximum Gasteiger partial charge on any atom is 0.338 e. The van der Waals surface area contributed by atoms with Gasteiger partial charge in [-0.1, -0.05) is 71.5 Å². The third kappa shape index (κ3) is 22.5. The van der Waals surface area contributed by atoms with Crippen LogP contribution < -0.4 is 16.0 Å². The number of rotatable bonds is 27. The minimum atomic E-state index is -0.973. The lowest BCUT2D eigenvalue weighted by atomic mass is 9.85. The van der Waals surface area contributed by atoms with Gasteiger partial charge in [0.1, 0.15) is 29.8 Å². The van der Waals surface area contributed by atoms with Crippen LogP contribution >= 0.6 is 80.4 Å². The number of thiazole rings is 3. The molecule has 3 unspecified atom stereocenters. The number of ether oxygens (including phenoxy) is 6. The number of carboxylic acid groups (broad SMARTS) is 3. The predicted molar refractivity (Wildman–Crippen MR) is 426 cm³/mol. The summed E-state index contributed by atoms with van der Waals surface area (Å²) in [6, 6.07) is 10.2. The van der Waals surface area contributed by atoms with Crippen LogP contribution in [0.3, 0.4) is 0 Å². The summed E-state index contributed by atoms with van der Waals surface area (Å²) < 4.78 is 61.3. The minimum Gasteiger partial charge on any atom is -0.481 e. The molecule has 3 saturated heterocycles. The van der Waals surface area contributed by atoms with Crippen LogP contribution in [0.25, 0.3) is 0 Å². The quantitative estimate of drug-likeness (QED) is 0.0206. The van der Waals surface area contributed by atoms with Gasteiger partial charge in [-0.3, -0.25) is 44.1 Å². The summed E-state index contributed by atoms with van der Waals surface area (Å²) in [6.07, 6.45) is 5.81. The van der Waals surface area contributed by atoms with Gasteiger partial charge in [0, 0.05) is 146 Å². The second-order valence-corrected chi connectivity index (χ2v) is 32.6. The zero-order valence-electron chi connectivity index (χ0n) is 63.2. The summed E-state index contributed by atoms with van der Waals surface area (Å²) >= 11 is 29.8. The fraction of sp³-hybridized carbons (Fsp3) is 0.455. The molecular formula is C77H88Cl4F2N12O15S3. The molecule has 0 amide bonds. The first-order chi connectivity index (χ1) is 54.0. The van der Waals surface area contributed by atoms with Crippen molar-refractivity contribution < 1.29 is 81.3 Å². The number of carbonyl (C=O) groups is 6. The van der Waals surface area contributed by atoms with Crippen molar-refractivity contribution in [3.8, 4) is 0 Å². The number of esters is 3. The highest BCUT2D eigenvalue weighted by atomic mass is 35.5. The van der Waals surface area contributed by atoms with Crippen LogP contribution in [0.2, 0.25) is 20.1 Å². The van der Waals surface area contributed by atoms with Crippen LogP contribution in [0.15, 0.2) is 138 Å². The largest absolute Gasteiger partial charge is 0.481 e. The number of aromatic nitrogens is 3. The van der Waals surface area contributed by atoms with E-state index in [0.717, 1.165) is 0 Å². The van der Waals surface area contributed by atoms with Crippen LogP contribution in [-0.2, 0) is 57.2 Å². The Morgan fingerprint density at radius 2 is 0.956 bits per heavy atom. The van der Waals surface area contributed by atoms with Crippen molar-refractivity contribution in [1.82, 2.24) is 45.6 Å². The van der Waals surface area contributed by atoms with Gasteiger partial charge in [0.05, 0.1) is 92.4 Å². The van der Waals surface area contributed by atoms with Crippen LogP contribution in [0.1, 0.15) is 124 Å². The van der Waals surface area contributed by atoms with Crippen molar-refractivity contribution in [2.45, 2.75) is 111 Å². The van der Waals surface area contributed by atoms with E-state index in [1.807, 2.05) is 16.1 Å². The molecule has 0 bridgehead atoms. The lowest BCUT2D eigenvalue weighted by Gasteiger charge is -2.40. The second-order valence-electron chi connectivity index (χ2n) is 28.3. The number of morpholine rings is 3. The average molecular weight is 1700 g/mol.